The molecule has 0 fully saturated rings. The Morgan fingerprint density at radius 2 is 1.79 bits per heavy atom. The highest BCUT2D eigenvalue weighted by molar-refractivity contribution is 6.30. The fraction of sp³-hybridized carbons (Fsp3) is 0.304. The molecule has 0 saturated carbocycles. The number of ether oxygens (including phenoxy) is 2. The molecule has 1 amide bonds. The molecular weight excluding hydrogens is 390 g/mol. The van der Waals surface area contributed by atoms with Crippen molar-refractivity contribution >= 4 is 23.5 Å². The lowest BCUT2D eigenvalue weighted by atomic mass is 10.1. The standard InChI is InChI=1S/C23H24ClNO4/c1-23(2,3)29-21(26)15-28-20-12-11-19(24)14-17(20)10-9-16-7-6-8-18(13-16)22(27)25(4)5/h6-8,11-14H,15H2,1-5H3. The van der Waals surface area contributed by atoms with E-state index < -0.39 is 11.6 Å². The average molecular weight is 414 g/mol. The van der Waals surface area contributed by atoms with Gasteiger partial charge in [0, 0.05) is 30.2 Å². The Morgan fingerprint density at radius 1 is 1.07 bits per heavy atom. The predicted molar refractivity (Wildman–Crippen MR) is 113 cm³/mol. The highest BCUT2D eigenvalue weighted by Crippen LogP contribution is 2.22. The largest absolute Gasteiger partial charge is 0.481 e. The second-order valence-corrected chi connectivity index (χ2v) is 7.98. The average Bonchev–Trinajstić information content (AvgIpc) is 2.63. The van der Waals surface area contributed by atoms with E-state index in [0.29, 0.717) is 27.5 Å². The van der Waals surface area contributed by atoms with Gasteiger partial charge in [0.1, 0.15) is 11.4 Å². The molecule has 0 atom stereocenters. The summed E-state index contributed by atoms with van der Waals surface area (Å²) >= 11 is 6.08. The van der Waals surface area contributed by atoms with Crippen molar-refractivity contribution in [1.29, 1.82) is 0 Å². The lowest BCUT2D eigenvalue weighted by Gasteiger charge is -2.19. The minimum Gasteiger partial charge on any atom is -0.481 e. The van der Waals surface area contributed by atoms with Gasteiger partial charge >= 0.3 is 5.97 Å². The summed E-state index contributed by atoms with van der Waals surface area (Å²) in [5, 5.41) is 0.496. The van der Waals surface area contributed by atoms with Crippen molar-refractivity contribution in [2.24, 2.45) is 0 Å². The Bertz CT molecular complexity index is 965. The second-order valence-electron chi connectivity index (χ2n) is 7.55. The highest BCUT2D eigenvalue weighted by Gasteiger charge is 2.17. The molecule has 2 aromatic rings. The van der Waals surface area contributed by atoms with Gasteiger partial charge in [-0.05, 0) is 57.2 Å². The summed E-state index contributed by atoms with van der Waals surface area (Å²) in [5.41, 5.74) is 1.17. The first-order chi connectivity index (χ1) is 13.5. The first-order valence-corrected chi connectivity index (χ1v) is 9.41. The van der Waals surface area contributed by atoms with Crippen LogP contribution in [0.15, 0.2) is 42.5 Å². The summed E-state index contributed by atoms with van der Waals surface area (Å²) in [4.78, 5) is 25.5. The third-order valence-electron chi connectivity index (χ3n) is 3.56. The highest BCUT2D eigenvalue weighted by atomic mass is 35.5. The number of amides is 1. The van der Waals surface area contributed by atoms with Crippen molar-refractivity contribution in [3.8, 4) is 17.6 Å². The second kappa shape index (κ2) is 9.49. The Hall–Kier alpha value is -2.97. The maximum absolute atomic E-state index is 12.1. The van der Waals surface area contributed by atoms with Crippen molar-refractivity contribution < 1.29 is 19.1 Å². The van der Waals surface area contributed by atoms with Crippen LogP contribution in [-0.2, 0) is 9.53 Å². The molecule has 2 aromatic carbocycles. The van der Waals surface area contributed by atoms with Gasteiger partial charge in [-0.1, -0.05) is 29.5 Å². The van der Waals surface area contributed by atoms with Gasteiger partial charge in [-0.2, -0.15) is 0 Å². The van der Waals surface area contributed by atoms with Crippen molar-refractivity contribution in [3.63, 3.8) is 0 Å². The summed E-state index contributed by atoms with van der Waals surface area (Å²) in [6.45, 7) is 5.14. The summed E-state index contributed by atoms with van der Waals surface area (Å²) < 4.78 is 10.8. The molecule has 0 N–H and O–H groups in total. The van der Waals surface area contributed by atoms with Gasteiger partial charge in [-0.15, -0.1) is 0 Å². The Kier molecular flexibility index (Phi) is 7.30. The first-order valence-electron chi connectivity index (χ1n) is 9.03. The molecule has 0 aromatic heterocycles. The summed E-state index contributed by atoms with van der Waals surface area (Å²) in [5.74, 6) is 5.87. The molecule has 0 spiro atoms. The van der Waals surface area contributed by atoms with Gasteiger partial charge in [0.25, 0.3) is 5.91 Å². The van der Waals surface area contributed by atoms with Crippen molar-refractivity contribution in [3.05, 3.63) is 64.2 Å². The molecule has 152 valence electrons. The van der Waals surface area contributed by atoms with Crippen LogP contribution in [-0.4, -0.2) is 43.1 Å². The van der Waals surface area contributed by atoms with Gasteiger partial charge in [-0.3, -0.25) is 4.79 Å². The van der Waals surface area contributed by atoms with E-state index in [4.69, 9.17) is 21.1 Å². The van der Waals surface area contributed by atoms with E-state index in [1.165, 1.54) is 4.90 Å². The zero-order chi connectivity index (χ0) is 21.6. The summed E-state index contributed by atoms with van der Waals surface area (Å²) in [7, 11) is 3.39. The SMILES string of the molecule is CN(C)C(=O)c1cccc(C#Cc2cc(Cl)ccc2OCC(=O)OC(C)(C)C)c1. The normalized spacial score (nSPS) is 10.6. The Labute approximate surface area is 176 Å². The van der Waals surface area contributed by atoms with Crippen molar-refractivity contribution in [1.82, 2.24) is 4.90 Å². The van der Waals surface area contributed by atoms with Gasteiger partial charge in [0.05, 0.1) is 5.56 Å². The predicted octanol–water partition coefficient (Wildman–Crippen LogP) is 4.16. The number of hydrogen-bond acceptors (Lipinski definition) is 4. The maximum Gasteiger partial charge on any atom is 0.344 e. The Morgan fingerprint density at radius 3 is 2.45 bits per heavy atom. The molecule has 0 heterocycles. The lowest BCUT2D eigenvalue weighted by molar-refractivity contribution is -0.157. The van der Waals surface area contributed by atoms with Crippen molar-refractivity contribution in [2.75, 3.05) is 20.7 Å². The number of rotatable bonds is 4. The molecule has 5 nitrogen and oxygen atoms in total. The monoisotopic (exact) mass is 413 g/mol. The molecule has 0 bridgehead atoms. The van der Waals surface area contributed by atoms with Crippen LogP contribution in [0.1, 0.15) is 42.3 Å². The quantitative estimate of drug-likeness (QED) is 0.557. The van der Waals surface area contributed by atoms with Crippen LogP contribution in [0.5, 0.6) is 5.75 Å². The molecule has 0 aliphatic heterocycles. The molecule has 0 aliphatic carbocycles. The Balaban J connectivity index is 2.22. The molecule has 0 unspecified atom stereocenters. The topological polar surface area (TPSA) is 55.8 Å². The zero-order valence-corrected chi connectivity index (χ0v) is 18.0. The minimum atomic E-state index is -0.585. The molecular formula is C23H24ClNO4. The smallest absolute Gasteiger partial charge is 0.344 e. The van der Waals surface area contributed by atoms with E-state index in [-0.39, 0.29) is 12.5 Å². The van der Waals surface area contributed by atoms with Crippen LogP contribution in [0, 0.1) is 11.8 Å². The van der Waals surface area contributed by atoms with E-state index in [0.717, 1.165) is 0 Å². The van der Waals surface area contributed by atoms with Crippen LogP contribution in [0.2, 0.25) is 5.02 Å². The molecule has 0 aliphatic rings. The number of halogens is 1. The number of carbonyl (C=O) groups is 2. The third-order valence-corrected chi connectivity index (χ3v) is 3.80. The van der Waals surface area contributed by atoms with Crippen LogP contribution >= 0.6 is 11.6 Å². The van der Waals surface area contributed by atoms with Gasteiger partial charge in [-0.25, -0.2) is 4.79 Å². The van der Waals surface area contributed by atoms with Gasteiger partial charge in [0.15, 0.2) is 6.61 Å². The first kappa shape index (κ1) is 22.3. The number of nitrogens with zero attached hydrogens (tertiary/aromatic N) is 1. The van der Waals surface area contributed by atoms with Crippen LogP contribution < -0.4 is 4.74 Å². The van der Waals surface area contributed by atoms with Crippen LogP contribution in [0.4, 0.5) is 0 Å². The van der Waals surface area contributed by atoms with Crippen molar-refractivity contribution in [2.45, 2.75) is 26.4 Å². The molecule has 6 heteroatoms. The van der Waals surface area contributed by atoms with E-state index in [1.54, 1.807) is 71.3 Å². The summed E-state index contributed by atoms with van der Waals surface area (Å²) in [6.07, 6.45) is 0. The zero-order valence-electron chi connectivity index (χ0n) is 17.2. The van der Waals surface area contributed by atoms with Crippen LogP contribution in [0.25, 0.3) is 0 Å². The van der Waals surface area contributed by atoms with E-state index in [1.807, 2.05) is 6.07 Å². The number of benzene rings is 2. The molecule has 0 radical (unpaired) electrons. The van der Waals surface area contributed by atoms with Gasteiger partial charge < -0.3 is 14.4 Å². The molecule has 2 rings (SSSR count). The van der Waals surface area contributed by atoms with Gasteiger partial charge in [0.2, 0.25) is 0 Å². The van der Waals surface area contributed by atoms with E-state index >= 15 is 0 Å². The summed E-state index contributed by atoms with van der Waals surface area (Å²) in [6, 6.07) is 12.0. The third kappa shape index (κ3) is 7.17. The maximum atomic E-state index is 12.1. The van der Waals surface area contributed by atoms with E-state index in [9.17, 15) is 9.59 Å². The molecule has 29 heavy (non-hydrogen) atoms. The van der Waals surface area contributed by atoms with Crippen LogP contribution in [0.3, 0.4) is 0 Å². The lowest BCUT2D eigenvalue weighted by Crippen LogP contribution is -2.27. The fourth-order valence-corrected chi connectivity index (χ4v) is 2.53. The van der Waals surface area contributed by atoms with E-state index in [2.05, 4.69) is 11.8 Å². The number of esters is 1. The molecule has 0 saturated heterocycles. The minimum absolute atomic E-state index is 0.0993. The number of carbonyl (C=O) groups excluding carboxylic acids is 2. The fourth-order valence-electron chi connectivity index (χ4n) is 2.36. The number of hydrogen-bond donors (Lipinski definition) is 0.